The van der Waals surface area contributed by atoms with Gasteiger partial charge >= 0.3 is 0 Å². The Kier molecular flexibility index (Phi) is 5.47. The fourth-order valence-corrected chi connectivity index (χ4v) is 4.12. The molecule has 0 bridgehead atoms. The van der Waals surface area contributed by atoms with Crippen LogP contribution >= 0.6 is 0 Å². The first-order valence-corrected chi connectivity index (χ1v) is 9.85. The molecule has 0 saturated carbocycles. The van der Waals surface area contributed by atoms with Crippen molar-refractivity contribution in [3.8, 4) is 0 Å². The van der Waals surface area contributed by atoms with E-state index >= 15 is 0 Å². The molecule has 5 rings (SSSR count). The number of rotatable bonds is 4. The summed E-state index contributed by atoms with van der Waals surface area (Å²) in [4.78, 5) is 0. The van der Waals surface area contributed by atoms with Gasteiger partial charge in [0.2, 0.25) is 18.6 Å². The first-order chi connectivity index (χ1) is 13.9. The van der Waals surface area contributed by atoms with Gasteiger partial charge in [0.25, 0.3) is 0 Å². The Bertz CT molecular complexity index is 839. The molecule has 1 aliphatic rings. The molecule has 0 amide bonds. The van der Waals surface area contributed by atoms with Gasteiger partial charge in [-0.2, -0.15) is 21.9 Å². The van der Waals surface area contributed by atoms with Gasteiger partial charge in [-0.1, -0.05) is 121 Å². The zero-order valence-electron chi connectivity index (χ0n) is 15.9. The predicted molar refractivity (Wildman–Crippen MR) is 122 cm³/mol. The molecule has 0 heterocycles. The highest BCUT2D eigenvalue weighted by atomic mass is 14.1. The molecular weight excluding hydrogens is 335 g/mol. The monoisotopic (exact) mass is 358 g/mol. The minimum Gasteiger partial charge on any atom is -0.195 e. The molecule has 0 aromatic heterocycles. The summed E-state index contributed by atoms with van der Waals surface area (Å²) in [5.41, 5.74) is 5.36. The summed E-state index contributed by atoms with van der Waals surface area (Å²) in [5.74, 6) is 0. The maximum Gasteiger partial charge on any atom is 0.232 e. The molecule has 134 valence electrons. The van der Waals surface area contributed by atoms with E-state index in [1.807, 2.05) is 6.08 Å². The Morgan fingerprint density at radius 3 is 0.821 bits per heavy atom. The third-order valence-electron chi connectivity index (χ3n) is 5.40. The summed E-state index contributed by atoms with van der Waals surface area (Å²) in [6.45, 7) is 0. The van der Waals surface area contributed by atoms with Crippen LogP contribution in [0.15, 0.2) is 127 Å². The van der Waals surface area contributed by atoms with Crippen LogP contribution in [0.2, 0.25) is 0 Å². The van der Waals surface area contributed by atoms with Crippen LogP contribution in [0.5, 0.6) is 0 Å². The average molecular weight is 358 g/mol. The van der Waals surface area contributed by atoms with E-state index < -0.39 is 6.15 Å². The molecule has 0 radical (unpaired) electrons. The standard InChI is InChI=1S/C24H20B.C3H3/c1-5-13-21(14-6-1)25(22-15-7-2-8-16-22,23-17-9-3-10-18-23)24-19-11-4-12-20-24;1-2-3-1/h1-20H;1H,2H2/q-1;+1. The summed E-state index contributed by atoms with van der Waals surface area (Å²) in [7, 11) is 0. The fourth-order valence-electron chi connectivity index (χ4n) is 4.12. The summed E-state index contributed by atoms with van der Waals surface area (Å²) < 4.78 is 0. The van der Waals surface area contributed by atoms with Gasteiger partial charge in [0.1, 0.15) is 6.15 Å². The summed E-state index contributed by atoms with van der Waals surface area (Å²) in [6, 6.07) is 43.5. The van der Waals surface area contributed by atoms with Crippen molar-refractivity contribution in [3.05, 3.63) is 133 Å². The first kappa shape index (κ1) is 18.0. The maximum absolute atomic E-state index is 2.88. The van der Waals surface area contributed by atoms with Gasteiger partial charge in [0.05, 0.1) is 0 Å². The van der Waals surface area contributed by atoms with E-state index in [1.54, 1.807) is 0 Å². The number of allylic oxidation sites excluding steroid dienone is 2. The fraction of sp³-hybridized carbons (Fsp3) is 0.0370. The number of hydrogen-bond donors (Lipinski definition) is 0. The molecule has 28 heavy (non-hydrogen) atoms. The van der Waals surface area contributed by atoms with Gasteiger partial charge in [-0.15, -0.1) is 0 Å². The second kappa shape index (κ2) is 8.52. The Balaban J connectivity index is 0.000000586. The van der Waals surface area contributed by atoms with E-state index in [-0.39, 0.29) is 0 Å². The predicted octanol–water partition coefficient (Wildman–Crippen LogP) is 3.81. The third-order valence-corrected chi connectivity index (χ3v) is 5.40. The van der Waals surface area contributed by atoms with E-state index in [0.29, 0.717) is 0 Å². The molecule has 4 aromatic carbocycles. The van der Waals surface area contributed by atoms with Crippen LogP contribution in [0.25, 0.3) is 0 Å². The Morgan fingerprint density at radius 1 is 0.429 bits per heavy atom. The summed E-state index contributed by atoms with van der Waals surface area (Å²) >= 11 is 0. The van der Waals surface area contributed by atoms with Gasteiger partial charge in [0.15, 0.2) is 0 Å². The van der Waals surface area contributed by atoms with E-state index in [0.717, 1.165) is 6.42 Å². The zero-order chi connectivity index (χ0) is 19.1. The molecule has 0 aliphatic heterocycles. The zero-order valence-corrected chi connectivity index (χ0v) is 15.9. The SMILES string of the molecule is [C+]1=CC1.c1ccc([B-](c2ccccc2)(c2ccccc2)c2ccccc2)cc1. The van der Waals surface area contributed by atoms with Crippen LogP contribution in [0.1, 0.15) is 6.42 Å². The average Bonchev–Trinajstić information content (AvgIpc) is 3.67. The molecule has 0 fully saturated rings. The lowest BCUT2D eigenvalue weighted by Crippen LogP contribution is -2.74. The highest BCUT2D eigenvalue weighted by Gasteiger charge is 2.30. The largest absolute Gasteiger partial charge is 0.232 e. The van der Waals surface area contributed by atoms with Crippen LogP contribution in [-0.4, -0.2) is 6.15 Å². The lowest BCUT2D eigenvalue weighted by atomic mass is 9.13. The Morgan fingerprint density at radius 2 is 0.643 bits per heavy atom. The van der Waals surface area contributed by atoms with Crippen LogP contribution in [0.3, 0.4) is 0 Å². The van der Waals surface area contributed by atoms with Crippen molar-refractivity contribution in [1.82, 2.24) is 0 Å². The van der Waals surface area contributed by atoms with Crippen molar-refractivity contribution in [2.75, 3.05) is 0 Å². The summed E-state index contributed by atoms with van der Waals surface area (Å²) in [6.07, 6.45) is 4.78. The second-order valence-corrected chi connectivity index (χ2v) is 7.12. The highest BCUT2D eigenvalue weighted by molar-refractivity contribution is 7.19. The molecule has 0 atom stereocenters. The summed E-state index contributed by atoms with van der Waals surface area (Å²) in [5, 5.41) is 0. The molecule has 0 saturated heterocycles. The number of benzene rings is 4. The minimum absolute atomic E-state index is 1.12. The molecule has 0 nitrogen and oxygen atoms in total. The van der Waals surface area contributed by atoms with Crippen LogP contribution in [-0.2, 0) is 0 Å². The third kappa shape index (κ3) is 3.67. The minimum atomic E-state index is -1.22. The van der Waals surface area contributed by atoms with E-state index in [9.17, 15) is 0 Å². The Hall–Kier alpha value is -3.41. The molecule has 0 unspecified atom stereocenters. The van der Waals surface area contributed by atoms with Crippen molar-refractivity contribution < 1.29 is 0 Å². The second-order valence-electron chi connectivity index (χ2n) is 7.12. The van der Waals surface area contributed by atoms with Crippen molar-refractivity contribution in [2.24, 2.45) is 0 Å². The van der Waals surface area contributed by atoms with Gasteiger partial charge in [-0.25, -0.2) is 0 Å². The molecule has 1 aliphatic carbocycles. The molecule has 4 aromatic rings. The van der Waals surface area contributed by atoms with Crippen LogP contribution in [0, 0.1) is 6.08 Å². The lowest BCUT2D eigenvalue weighted by molar-refractivity contribution is 1.66. The molecule has 1 heteroatoms. The highest BCUT2D eigenvalue weighted by Crippen LogP contribution is 2.09. The quantitative estimate of drug-likeness (QED) is 0.384. The van der Waals surface area contributed by atoms with Crippen molar-refractivity contribution in [1.29, 1.82) is 0 Å². The van der Waals surface area contributed by atoms with Gasteiger partial charge in [0, 0.05) is 0 Å². The molecule has 0 N–H and O–H groups in total. The molecule has 0 spiro atoms. The lowest BCUT2D eigenvalue weighted by Gasteiger charge is -2.44. The van der Waals surface area contributed by atoms with Gasteiger partial charge in [-0.3, -0.25) is 0 Å². The van der Waals surface area contributed by atoms with Crippen molar-refractivity contribution in [2.45, 2.75) is 6.42 Å². The topological polar surface area (TPSA) is 0 Å². The van der Waals surface area contributed by atoms with Crippen molar-refractivity contribution in [3.63, 3.8) is 0 Å². The van der Waals surface area contributed by atoms with Gasteiger partial charge in [-0.05, 0) is 0 Å². The normalized spacial score (nSPS) is 11.7. The van der Waals surface area contributed by atoms with E-state index in [1.165, 1.54) is 21.9 Å². The van der Waals surface area contributed by atoms with Crippen molar-refractivity contribution >= 4 is 28.0 Å². The van der Waals surface area contributed by atoms with Crippen LogP contribution < -0.4 is 21.9 Å². The first-order valence-electron chi connectivity index (χ1n) is 9.85. The van der Waals surface area contributed by atoms with Crippen LogP contribution in [0.4, 0.5) is 0 Å². The smallest absolute Gasteiger partial charge is 0.195 e. The van der Waals surface area contributed by atoms with Gasteiger partial charge < -0.3 is 0 Å². The molecular formula is C27H23B. The maximum atomic E-state index is 2.88. The number of hydrogen-bond acceptors (Lipinski definition) is 0. The van der Waals surface area contributed by atoms with E-state index in [4.69, 9.17) is 0 Å². The van der Waals surface area contributed by atoms with E-state index in [2.05, 4.69) is 127 Å². The Labute approximate surface area is 168 Å².